The predicted octanol–water partition coefficient (Wildman–Crippen LogP) is 2.84. The lowest BCUT2D eigenvalue weighted by Gasteiger charge is -2.29. The number of nitrogens with two attached hydrogens (primary N) is 1. The summed E-state index contributed by atoms with van der Waals surface area (Å²) in [5.74, 6) is 0.908. The molecule has 104 valence electrons. The van der Waals surface area contributed by atoms with Crippen molar-refractivity contribution < 1.29 is 4.74 Å². The van der Waals surface area contributed by atoms with E-state index in [2.05, 4.69) is 29.2 Å². The minimum absolute atomic E-state index is 0.857. The molecule has 0 radical (unpaired) electrons. The smallest absolute Gasteiger partial charge is 0.118 e. The fraction of sp³-hybridized carbons (Fsp3) is 0.294. The summed E-state index contributed by atoms with van der Waals surface area (Å²) >= 11 is 0. The molecule has 0 spiro atoms. The van der Waals surface area contributed by atoms with E-state index >= 15 is 0 Å². The highest BCUT2D eigenvalue weighted by atomic mass is 16.5. The Bertz CT molecular complexity index is 592. The van der Waals surface area contributed by atoms with Crippen molar-refractivity contribution in [3.05, 3.63) is 59.2 Å². The first-order valence-corrected chi connectivity index (χ1v) is 6.97. The molecule has 3 nitrogen and oxygen atoms in total. The summed E-state index contributed by atoms with van der Waals surface area (Å²) in [7, 11) is 1.70. The van der Waals surface area contributed by atoms with Gasteiger partial charge < -0.3 is 10.5 Å². The number of rotatable bonds is 3. The third-order valence-electron chi connectivity index (χ3n) is 3.89. The van der Waals surface area contributed by atoms with E-state index in [-0.39, 0.29) is 0 Å². The molecule has 3 heteroatoms. The van der Waals surface area contributed by atoms with Crippen molar-refractivity contribution in [2.24, 2.45) is 0 Å². The van der Waals surface area contributed by atoms with Gasteiger partial charge in [-0.1, -0.05) is 18.2 Å². The maximum atomic E-state index is 5.88. The van der Waals surface area contributed by atoms with Gasteiger partial charge >= 0.3 is 0 Å². The summed E-state index contributed by atoms with van der Waals surface area (Å²) < 4.78 is 5.19. The topological polar surface area (TPSA) is 38.5 Å². The van der Waals surface area contributed by atoms with Crippen LogP contribution in [0.3, 0.4) is 0 Å². The van der Waals surface area contributed by atoms with Gasteiger partial charge in [0.1, 0.15) is 5.75 Å². The predicted molar refractivity (Wildman–Crippen MR) is 81.7 cm³/mol. The molecular formula is C17H20N2O. The summed E-state index contributed by atoms with van der Waals surface area (Å²) in [6, 6.07) is 14.6. The van der Waals surface area contributed by atoms with Crippen molar-refractivity contribution in [2.45, 2.75) is 19.5 Å². The summed E-state index contributed by atoms with van der Waals surface area (Å²) in [5, 5.41) is 0. The lowest BCUT2D eigenvalue weighted by molar-refractivity contribution is 0.245. The highest BCUT2D eigenvalue weighted by Gasteiger charge is 2.16. The Labute approximate surface area is 120 Å². The Balaban J connectivity index is 1.70. The van der Waals surface area contributed by atoms with Gasteiger partial charge in [-0.05, 0) is 47.4 Å². The van der Waals surface area contributed by atoms with Crippen LogP contribution in [0.4, 0.5) is 5.69 Å². The Morgan fingerprint density at radius 3 is 2.65 bits per heavy atom. The number of nitrogens with zero attached hydrogens (tertiary/aromatic N) is 1. The molecule has 1 aliphatic heterocycles. The molecular weight excluding hydrogens is 248 g/mol. The molecule has 1 heterocycles. The van der Waals surface area contributed by atoms with Crippen molar-refractivity contribution in [3.63, 3.8) is 0 Å². The van der Waals surface area contributed by atoms with Crippen molar-refractivity contribution in [3.8, 4) is 5.75 Å². The van der Waals surface area contributed by atoms with Gasteiger partial charge in [0.05, 0.1) is 7.11 Å². The van der Waals surface area contributed by atoms with E-state index in [1.165, 1.54) is 16.7 Å². The standard InChI is InChI=1S/C17H20N2O/c1-20-17-6-2-13(3-7-17)11-19-9-8-14-4-5-16(18)10-15(14)12-19/h2-7,10H,8-9,11-12,18H2,1H3. The van der Waals surface area contributed by atoms with Gasteiger partial charge in [-0.3, -0.25) is 4.90 Å². The first kappa shape index (κ1) is 13.0. The van der Waals surface area contributed by atoms with Gasteiger partial charge in [0.2, 0.25) is 0 Å². The molecule has 0 fully saturated rings. The van der Waals surface area contributed by atoms with E-state index in [0.29, 0.717) is 0 Å². The van der Waals surface area contributed by atoms with Crippen LogP contribution in [0, 0.1) is 0 Å². The maximum absolute atomic E-state index is 5.88. The molecule has 0 aliphatic carbocycles. The number of fused-ring (bicyclic) bond motifs is 1. The molecule has 20 heavy (non-hydrogen) atoms. The Kier molecular flexibility index (Phi) is 3.61. The van der Waals surface area contributed by atoms with E-state index < -0.39 is 0 Å². The molecule has 0 unspecified atom stereocenters. The zero-order valence-electron chi connectivity index (χ0n) is 11.8. The molecule has 0 saturated carbocycles. The second kappa shape index (κ2) is 5.55. The van der Waals surface area contributed by atoms with E-state index in [4.69, 9.17) is 10.5 Å². The molecule has 0 saturated heterocycles. The Hall–Kier alpha value is -2.00. The monoisotopic (exact) mass is 268 g/mol. The Morgan fingerprint density at radius 2 is 1.90 bits per heavy atom. The van der Waals surface area contributed by atoms with Crippen LogP contribution in [-0.2, 0) is 19.5 Å². The second-order valence-corrected chi connectivity index (χ2v) is 5.34. The van der Waals surface area contributed by atoms with Crippen LogP contribution in [0.25, 0.3) is 0 Å². The summed E-state index contributed by atoms with van der Waals surface area (Å²) in [6.07, 6.45) is 1.10. The highest BCUT2D eigenvalue weighted by molar-refractivity contribution is 5.45. The third-order valence-corrected chi connectivity index (χ3v) is 3.89. The lowest BCUT2D eigenvalue weighted by atomic mass is 9.98. The fourth-order valence-corrected chi connectivity index (χ4v) is 2.76. The first-order valence-electron chi connectivity index (χ1n) is 6.97. The van der Waals surface area contributed by atoms with E-state index in [1.807, 2.05) is 18.2 Å². The molecule has 0 aromatic heterocycles. The van der Waals surface area contributed by atoms with Gasteiger partial charge in [0, 0.05) is 25.3 Å². The molecule has 0 amide bonds. The molecule has 2 N–H and O–H groups in total. The van der Waals surface area contributed by atoms with Gasteiger partial charge in [-0.15, -0.1) is 0 Å². The number of methoxy groups -OCH3 is 1. The number of hydrogen-bond donors (Lipinski definition) is 1. The minimum atomic E-state index is 0.857. The van der Waals surface area contributed by atoms with Crippen molar-refractivity contribution in [2.75, 3.05) is 19.4 Å². The van der Waals surface area contributed by atoms with Crippen molar-refractivity contribution >= 4 is 5.69 Å². The van der Waals surface area contributed by atoms with Crippen molar-refractivity contribution in [1.82, 2.24) is 4.90 Å². The number of hydrogen-bond acceptors (Lipinski definition) is 3. The van der Waals surface area contributed by atoms with Gasteiger partial charge in [0.25, 0.3) is 0 Å². The quantitative estimate of drug-likeness (QED) is 0.870. The molecule has 1 aliphatic rings. The van der Waals surface area contributed by atoms with Crippen LogP contribution in [0.5, 0.6) is 5.75 Å². The zero-order chi connectivity index (χ0) is 13.9. The van der Waals surface area contributed by atoms with Crippen LogP contribution < -0.4 is 10.5 Å². The molecule has 0 atom stereocenters. The number of anilines is 1. The van der Waals surface area contributed by atoms with E-state index in [1.54, 1.807) is 7.11 Å². The van der Waals surface area contributed by atoms with Gasteiger partial charge in [0.15, 0.2) is 0 Å². The van der Waals surface area contributed by atoms with Crippen LogP contribution in [-0.4, -0.2) is 18.6 Å². The zero-order valence-corrected chi connectivity index (χ0v) is 11.8. The summed E-state index contributed by atoms with van der Waals surface area (Å²) in [6.45, 7) is 3.05. The number of benzene rings is 2. The van der Waals surface area contributed by atoms with Gasteiger partial charge in [-0.25, -0.2) is 0 Å². The van der Waals surface area contributed by atoms with Crippen LogP contribution in [0.15, 0.2) is 42.5 Å². The molecule has 0 bridgehead atoms. The highest BCUT2D eigenvalue weighted by Crippen LogP contribution is 2.23. The summed E-state index contributed by atoms with van der Waals surface area (Å²) in [5.41, 5.74) is 10.9. The van der Waals surface area contributed by atoms with Crippen LogP contribution >= 0.6 is 0 Å². The lowest BCUT2D eigenvalue weighted by Crippen LogP contribution is -2.30. The molecule has 3 rings (SSSR count). The summed E-state index contributed by atoms with van der Waals surface area (Å²) in [4.78, 5) is 2.46. The second-order valence-electron chi connectivity index (χ2n) is 5.34. The van der Waals surface area contributed by atoms with Gasteiger partial charge in [-0.2, -0.15) is 0 Å². The Morgan fingerprint density at radius 1 is 1.10 bits per heavy atom. The van der Waals surface area contributed by atoms with Crippen LogP contribution in [0.1, 0.15) is 16.7 Å². The average molecular weight is 268 g/mol. The molecule has 2 aromatic rings. The maximum Gasteiger partial charge on any atom is 0.118 e. The largest absolute Gasteiger partial charge is 0.497 e. The van der Waals surface area contributed by atoms with E-state index in [0.717, 1.165) is 37.5 Å². The average Bonchev–Trinajstić information content (AvgIpc) is 2.47. The fourth-order valence-electron chi connectivity index (χ4n) is 2.76. The van der Waals surface area contributed by atoms with Crippen molar-refractivity contribution in [1.29, 1.82) is 0 Å². The SMILES string of the molecule is COc1ccc(CN2CCc3ccc(N)cc3C2)cc1. The number of ether oxygens (including phenoxy) is 1. The number of nitrogen functional groups attached to an aromatic ring is 1. The van der Waals surface area contributed by atoms with Crippen LogP contribution in [0.2, 0.25) is 0 Å². The molecule has 2 aromatic carbocycles. The van der Waals surface area contributed by atoms with E-state index in [9.17, 15) is 0 Å². The first-order chi connectivity index (χ1) is 9.74. The normalized spacial score (nSPS) is 14.8. The minimum Gasteiger partial charge on any atom is -0.497 e. The third kappa shape index (κ3) is 2.78.